The minimum absolute atomic E-state index is 0.0117. The largest absolute Gasteiger partial charge is 0.352 e. The standard InChI is InChI=1S/C30H34Cl2N2O2S/c1-4-22(3)33-30(36)28(17-23-11-6-5-7-12-23)34(18-25-26(31)14-9-15-27(25)32)29(35)20-37-19-24-13-8-10-21(2)16-24/h5-16,22,28H,4,17-20H2,1-3H3,(H,33,36). The lowest BCUT2D eigenvalue weighted by atomic mass is 10.0. The predicted molar refractivity (Wildman–Crippen MR) is 156 cm³/mol. The van der Waals surface area contributed by atoms with Crippen LogP contribution in [0.5, 0.6) is 0 Å². The Kier molecular flexibility index (Phi) is 11.4. The van der Waals surface area contributed by atoms with Crippen molar-refractivity contribution in [2.24, 2.45) is 0 Å². The van der Waals surface area contributed by atoms with Crippen LogP contribution in [0.1, 0.15) is 42.5 Å². The number of halogens is 2. The van der Waals surface area contributed by atoms with Crippen LogP contribution >= 0.6 is 35.0 Å². The zero-order valence-corrected chi connectivity index (χ0v) is 23.9. The third-order valence-corrected chi connectivity index (χ3v) is 7.94. The van der Waals surface area contributed by atoms with Gasteiger partial charge in [0.05, 0.1) is 5.75 Å². The lowest BCUT2D eigenvalue weighted by Crippen LogP contribution is -2.52. The Balaban J connectivity index is 1.90. The van der Waals surface area contributed by atoms with Crippen molar-refractivity contribution in [3.8, 4) is 0 Å². The molecule has 0 aliphatic carbocycles. The molecule has 0 heterocycles. The second-order valence-corrected chi connectivity index (χ2v) is 11.0. The first kappa shape index (κ1) is 29.1. The van der Waals surface area contributed by atoms with Crippen molar-refractivity contribution in [1.82, 2.24) is 10.2 Å². The molecule has 0 fully saturated rings. The van der Waals surface area contributed by atoms with Gasteiger partial charge in [0.15, 0.2) is 0 Å². The zero-order valence-electron chi connectivity index (χ0n) is 21.5. The van der Waals surface area contributed by atoms with Crippen LogP contribution in [0.2, 0.25) is 10.0 Å². The minimum atomic E-state index is -0.712. The molecule has 37 heavy (non-hydrogen) atoms. The summed E-state index contributed by atoms with van der Waals surface area (Å²) in [7, 11) is 0. The number of hydrogen-bond acceptors (Lipinski definition) is 3. The van der Waals surface area contributed by atoms with E-state index in [9.17, 15) is 9.59 Å². The fourth-order valence-corrected chi connectivity index (χ4v) is 5.36. The molecule has 0 saturated heterocycles. The first-order valence-corrected chi connectivity index (χ1v) is 14.4. The quantitative estimate of drug-likeness (QED) is 0.259. The van der Waals surface area contributed by atoms with Gasteiger partial charge in [0.1, 0.15) is 6.04 Å². The molecule has 0 spiro atoms. The maximum Gasteiger partial charge on any atom is 0.243 e. The van der Waals surface area contributed by atoms with Crippen LogP contribution in [-0.4, -0.2) is 34.6 Å². The molecule has 0 radical (unpaired) electrons. The number of aryl methyl sites for hydroxylation is 1. The average molecular weight is 558 g/mol. The van der Waals surface area contributed by atoms with Crippen molar-refractivity contribution in [2.75, 3.05) is 5.75 Å². The van der Waals surface area contributed by atoms with Gasteiger partial charge in [-0.15, -0.1) is 11.8 Å². The molecule has 3 rings (SSSR count). The molecule has 0 saturated carbocycles. The monoisotopic (exact) mass is 556 g/mol. The Hall–Kier alpha value is -2.47. The lowest BCUT2D eigenvalue weighted by Gasteiger charge is -2.32. The first-order valence-electron chi connectivity index (χ1n) is 12.5. The van der Waals surface area contributed by atoms with Crippen LogP contribution in [0.4, 0.5) is 0 Å². The van der Waals surface area contributed by atoms with Crippen molar-refractivity contribution >= 4 is 46.8 Å². The van der Waals surface area contributed by atoms with Gasteiger partial charge in [-0.1, -0.05) is 96.4 Å². The fraction of sp³-hybridized carbons (Fsp3) is 0.333. The molecule has 1 N–H and O–H groups in total. The number of nitrogens with one attached hydrogen (secondary N) is 1. The summed E-state index contributed by atoms with van der Waals surface area (Å²) in [6.45, 7) is 6.18. The Morgan fingerprint density at radius 3 is 2.24 bits per heavy atom. The molecular formula is C30H34Cl2N2O2S. The summed E-state index contributed by atoms with van der Waals surface area (Å²) in [5.41, 5.74) is 3.96. The van der Waals surface area contributed by atoms with E-state index in [0.717, 1.165) is 17.5 Å². The fourth-order valence-electron chi connectivity index (χ4n) is 3.99. The second kappa shape index (κ2) is 14.5. The summed E-state index contributed by atoms with van der Waals surface area (Å²) in [5, 5.41) is 4.02. The van der Waals surface area contributed by atoms with E-state index >= 15 is 0 Å². The zero-order chi connectivity index (χ0) is 26.8. The molecule has 196 valence electrons. The predicted octanol–water partition coefficient (Wildman–Crippen LogP) is 7.09. The first-order chi connectivity index (χ1) is 17.8. The topological polar surface area (TPSA) is 49.4 Å². The van der Waals surface area contributed by atoms with Crippen molar-refractivity contribution < 1.29 is 9.59 Å². The highest BCUT2D eigenvalue weighted by Gasteiger charge is 2.31. The molecule has 2 amide bonds. The van der Waals surface area contributed by atoms with E-state index < -0.39 is 6.04 Å². The molecule has 0 aromatic heterocycles. The van der Waals surface area contributed by atoms with Gasteiger partial charge in [-0.2, -0.15) is 0 Å². The highest BCUT2D eigenvalue weighted by Crippen LogP contribution is 2.28. The van der Waals surface area contributed by atoms with E-state index in [1.54, 1.807) is 23.1 Å². The normalized spacial score (nSPS) is 12.6. The van der Waals surface area contributed by atoms with Gasteiger partial charge in [0.2, 0.25) is 11.8 Å². The number of benzene rings is 3. The van der Waals surface area contributed by atoms with Crippen LogP contribution in [0.15, 0.2) is 72.8 Å². The van der Waals surface area contributed by atoms with Gasteiger partial charge in [-0.25, -0.2) is 0 Å². The Morgan fingerprint density at radius 1 is 0.946 bits per heavy atom. The van der Waals surface area contributed by atoms with Gasteiger partial charge < -0.3 is 10.2 Å². The molecule has 2 unspecified atom stereocenters. The molecule has 0 bridgehead atoms. The number of carbonyl (C=O) groups is 2. The van der Waals surface area contributed by atoms with Crippen molar-refractivity contribution in [3.63, 3.8) is 0 Å². The third kappa shape index (κ3) is 8.80. The minimum Gasteiger partial charge on any atom is -0.352 e. The van der Waals surface area contributed by atoms with E-state index in [4.69, 9.17) is 23.2 Å². The summed E-state index contributed by atoms with van der Waals surface area (Å²) < 4.78 is 0. The maximum atomic E-state index is 13.8. The highest BCUT2D eigenvalue weighted by molar-refractivity contribution is 7.99. The van der Waals surface area contributed by atoms with Crippen LogP contribution in [0.3, 0.4) is 0 Å². The molecule has 0 aliphatic heterocycles. The molecular weight excluding hydrogens is 523 g/mol. The van der Waals surface area contributed by atoms with E-state index in [0.29, 0.717) is 27.8 Å². The Bertz CT molecular complexity index is 1170. The summed E-state index contributed by atoms with van der Waals surface area (Å²) in [6, 6.07) is 22.6. The summed E-state index contributed by atoms with van der Waals surface area (Å²) >= 11 is 14.5. The molecule has 3 aromatic rings. The molecule has 0 aliphatic rings. The van der Waals surface area contributed by atoms with E-state index in [1.165, 1.54) is 17.3 Å². The summed E-state index contributed by atoms with van der Waals surface area (Å²) in [6.07, 6.45) is 1.18. The van der Waals surface area contributed by atoms with Gasteiger partial charge in [-0.3, -0.25) is 9.59 Å². The van der Waals surface area contributed by atoms with Crippen molar-refractivity contribution in [3.05, 3.63) is 105 Å². The van der Waals surface area contributed by atoms with Crippen LogP contribution < -0.4 is 5.32 Å². The van der Waals surface area contributed by atoms with Gasteiger partial charge in [-0.05, 0) is 43.5 Å². The number of rotatable bonds is 12. The number of carbonyl (C=O) groups excluding carboxylic acids is 2. The van der Waals surface area contributed by atoms with E-state index in [-0.39, 0.29) is 30.2 Å². The number of thioether (sulfide) groups is 1. The average Bonchev–Trinajstić information content (AvgIpc) is 2.88. The number of hydrogen-bond donors (Lipinski definition) is 1. The van der Waals surface area contributed by atoms with Gasteiger partial charge >= 0.3 is 0 Å². The van der Waals surface area contributed by atoms with Gasteiger partial charge in [0.25, 0.3) is 0 Å². The third-order valence-electron chi connectivity index (χ3n) is 6.24. The van der Waals surface area contributed by atoms with Crippen molar-refractivity contribution in [1.29, 1.82) is 0 Å². The Morgan fingerprint density at radius 2 is 1.59 bits per heavy atom. The van der Waals surface area contributed by atoms with E-state index in [2.05, 4.69) is 30.4 Å². The molecule has 3 aromatic carbocycles. The van der Waals surface area contributed by atoms with Crippen LogP contribution in [-0.2, 0) is 28.3 Å². The smallest absolute Gasteiger partial charge is 0.243 e. The molecule has 7 heteroatoms. The van der Waals surface area contributed by atoms with E-state index in [1.807, 2.05) is 50.2 Å². The summed E-state index contributed by atoms with van der Waals surface area (Å²) in [4.78, 5) is 29.0. The second-order valence-electron chi connectivity index (χ2n) is 9.23. The van der Waals surface area contributed by atoms with Gasteiger partial charge in [0, 0.05) is 40.4 Å². The highest BCUT2D eigenvalue weighted by atomic mass is 35.5. The van der Waals surface area contributed by atoms with Crippen molar-refractivity contribution in [2.45, 2.75) is 58.0 Å². The van der Waals surface area contributed by atoms with Crippen LogP contribution in [0.25, 0.3) is 0 Å². The Labute approximate surface area is 234 Å². The number of nitrogens with zero attached hydrogens (tertiary/aromatic N) is 1. The maximum absolute atomic E-state index is 13.8. The molecule has 2 atom stereocenters. The molecule has 4 nitrogen and oxygen atoms in total. The lowest BCUT2D eigenvalue weighted by molar-refractivity contribution is -0.139. The summed E-state index contributed by atoms with van der Waals surface area (Å²) in [5.74, 6) is 0.626. The van der Waals surface area contributed by atoms with Crippen LogP contribution in [0, 0.1) is 6.92 Å². The SMILES string of the molecule is CCC(C)NC(=O)C(Cc1ccccc1)N(Cc1c(Cl)cccc1Cl)C(=O)CSCc1cccc(C)c1. The number of amides is 2.